The minimum absolute atomic E-state index is 0. The molecule has 1 aromatic heterocycles. The SMILES string of the molecule is COc1ccc(CSCC[n+]2cc3ccccc3c3ccccc32)cc1.[Br-]. The first-order chi connectivity index (χ1) is 12.8. The zero-order valence-corrected chi connectivity index (χ0v) is 17.7. The molecule has 1 heterocycles. The Morgan fingerprint density at radius 3 is 2.33 bits per heavy atom. The van der Waals surface area contributed by atoms with Crippen LogP contribution < -0.4 is 26.3 Å². The highest BCUT2D eigenvalue weighted by Gasteiger charge is 2.12. The summed E-state index contributed by atoms with van der Waals surface area (Å²) in [6, 6.07) is 25.7. The molecule has 27 heavy (non-hydrogen) atoms. The number of nitrogens with zero attached hydrogens (tertiary/aromatic N) is 1. The molecule has 0 radical (unpaired) electrons. The van der Waals surface area contributed by atoms with Gasteiger partial charge in [-0.15, -0.1) is 0 Å². The van der Waals surface area contributed by atoms with E-state index in [1.165, 1.54) is 27.2 Å². The van der Waals surface area contributed by atoms with Gasteiger partial charge in [0.25, 0.3) is 0 Å². The maximum atomic E-state index is 5.22. The minimum atomic E-state index is 0. The summed E-state index contributed by atoms with van der Waals surface area (Å²) < 4.78 is 7.61. The topological polar surface area (TPSA) is 13.1 Å². The van der Waals surface area contributed by atoms with Crippen molar-refractivity contribution < 1.29 is 26.3 Å². The first-order valence-corrected chi connectivity index (χ1v) is 10.0. The molecule has 4 heteroatoms. The smallest absolute Gasteiger partial charge is 0.213 e. The van der Waals surface area contributed by atoms with Gasteiger partial charge in [-0.05, 0) is 29.8 Å². The third-order valence-electron chi connectivity index (χ3n) is 4.66. The number of hydrogen-bond acceptors (Lipinski definition) is 2. The lowest BCUT2D eigenvalue weighted by Gasteiger charge is -2.06. The number of halogens is 1. The molecule has 0 spiro atoms. The number of methoxy groups -OCH3 is 1. The molecule has 0 saturated heterocycles. The van der Waals surface area contributed by atoms with Crippen molar-refractivity contribution in [3.63, 3.8) is 0 Å². The number of ether oxygens (including phenoxy) is 1. The van der Waals surface area contributed by atoms with Crippen molar-refractivity contribution in [3.8, 4) is 5.75 Å². The number of fused-ring (bicyclic) bond motifs is 3. The van der Waals surface area contributed by atoms with Crippen molar-refractivity contribution in [2.24, 2.45) is 0 Å². The Balaban J connectivity index is 0.00000210. The van der Waals surface area contributed by atoms with Crippen molar-refractivity contribution in [1.29, 1.82) is 0 Å². The van der Waals surface area contributed by atoms with Crippen molar-refractivity contribution in [1.82, 2.24) is 0 Å². The fourth-order valence-corrected chi connectivity index (χ4v) is 4.20. The predicted molar refractivity (Wildman–Crippen MR) is 111 cm³/mol. The average molecular weight is 440 g/mol. The third-order valence-corrected chi connectivity index (χ3v) is 5.67. The van der Waals surface area contributed by atoms with E-state index in [-0.39, 0.29) is 17.0 Å². The lowest BCUT2D eigenvalue weighted by atomic mass is 10.1. The Kier molecular flexibility index (Phi) is 6.75. The Hall–Kier alpha value is -2.04. The van der Waals surface area contributed by atoms with Gasteiger partial charge in [-0.2, -0.15) is 16.3 Å². The van der Waals surface area contributed by atoms with Gasteiger partial charge in [-0.1, -0.05) is 42.5 Å². The van der Waals surface area contributed by atoms with Gasteiger partial charge in [0.1, 0.15) is 5.75 Å². The van der Waals surface area contributed by atoms with Gasteiger partial charge < -0.3 is 21.7 Å². The Labute approximate surface area is 174 Å². The fourth-order valence-electron chi connectivity index (χ4n) is 3.30. The summed E-state index contributed by atoms with van der Waals surface area (Å²) in [7, 11) is 1.70. The summed E-state index contributed by atoms with van der Waals surface area (Å²) in [5.74, 6) is 3.02. The highest BCUT2D eigenvalue weighted by molar-refractivity contribution is 7.98. The molecule has 0 aliphatic rings. The van der Waals surface area contributed by atoms with E-state index in [9.17, 15) is 0 Å². The second-order valence-electron chi connectivity index (χ2n) is 6.33. The molecule has 4 aromatic rings. The highest BCUT2D eigenvalue weighted by atomic mass is 79.9. The maximum absolute atomic E-state index is 5.22. The van der Waals surface area contributed by atoms with Gasteiger partial charge in [-0.3, -0.25) is 0 Å². The number of rotatable bonds is 6. The standard InChI is InChI=1S/C23H22NOS.BrH/c1-25-20-12-10-18(11-13-20)17-26-15-14-24-16-19-6-2-3-7-21(19)22-8-4-5-9-23(22)24;/h2-13,16H,14-15,17H2,1H3;1H/q+1;/p-1. The molecule has 138 valence electrons. The number of thioether (sulfide) groups is 1. The van der Waals surface area contributed by atoms with Gasteiger partial charge in [0.15, 0.2) is 12.7 Å². The summed E-state index contributed by atoms with van der Waals surface area (Å²) in [4.78, 5) is 0. The normalized spacial score (nSPS) is 10.7. The minimum Gasteiger partial charge on any atom is -1.00 e. The molecule has 0 unspecified atom stereocenters. The number of pyridine rings is 1. The monoisotopic (exact) mass is 439 g/mol. The number of aryl methyl sites for hydroxylation is 1. The predicted octanol–water partition coefficient (Wildman–Crippen LogP) is 2.23. The molecule has 0 amide bonds. The Morgan fingerprint density at radius 2 is 1.56 bits per heavy atom. The zero-order chi connectivity index (χ0) is 17.8. The van der Waals surface area contributed by atoms with E-state index in [1.807, 2.05) is 23.9 Å². The van der Waals surface area contributed by atoms with Crippen LogP contribution in [-0.4, -0.2) is 12.9 Å². The van der Waals surface area contributed by atoms with Gasteiger partial charge in [-0.25, -0.2) is 0 Å². The molecule has 3 aromatic carbocycles. The first kappa shape index (κ1) is 19.7. The third kappa shape index (κ3) is 4.45. The van der Waals surface area contributed by atoms with Crippen LogP contribution in [0.4, 0.5) is 0 Å². The molecular formula is C23H22BrNOS. The molecular weight excluding hydrogens is 418 g/mol. The van der Waals surface area contributed by atoms with E-state index < -0.39 is 0 Å². The van der Waals surface area contributed by atoms with E-state index >= 15 is 0 Å². The molecule has 0 bridgehead atoms. The number of hydrogen-bond donors (Lipinski definition) is 0. The fraction of sp³-hybridized carbons (Fsp3) is 0.174. The molecule has 0 atom stereocenters. The summed E-state index contributed by atoms with van der Waals surface area (Å²) in [5, 5.41) is 3.95. The quantitative estimate of drug-likeness (QED) is 0.259. The molecule has 0 N–H and O–H groups in total. The number of para-hydroxylation sites is 1. The maximum Gasteiger partial charge on any atom is 0.213 e. The van der Waals surface area contributed by atoms with Crippen LogP contribution in [0.2, 0.25) is 0 Å². The van der Waals surface area contributed by atoms with Crippen LogP contribution in [0.15, 0.2) is 79.0 Å². The van der Waals surface area contributed by atoms with E-state index in [2.05, 4.69) is 71.4 Å². The van der Waals surface area contributed by atoms with E-state index in [0.29, 0.717) is 0 Å². The second kappa shape index (κ2) is 9.25. The summed E-state index contributed by atoms with van der Waals surface area (Å²) in [5.41, 5.74) is 2.64. The molecule has 0 fully saturated rings. The van der Waals surface area contributed by atoms with Gasteiger partial charge in [0, 0.05) is 22.6 Å². The highest BCUT2D eigenvalue weighted by Crippen LogP contribution is 2.22. The molecule has 4 rings (SSSR count). The van der Waals surface area contributed by atoms with Gasteiger partial charge in [0.2, 0.25) is 5.52 Å². The van der Waals surface area contributed by atoms with Crippen molar-refractivity contribution in [3.05, 3.63) is 84.6 Å². The zero-order valence-electron chi connectivity index (χ0n) is 15.3. The van der Waals surface area contributed by atoms with Crippen LogP contribution in [0, 0.1) is 0 Å². The number of aromatic nitrogens is 1. The van der Waals surface area contributed by atoms with Crippen LogP contribution in [0.25, 0.3) is 21.7 Å². The molecule has 0 saturated carbocycles. The summed E-state index contributed by atoms with van der Waals surface area (Å²) in [6.45, 7) is 1.01. The lowest BCUT2D eigenvalue weighted by Crippen LogP contribution is -3.00. The number of benzene rings is 3. The van der Waals surface area contributed by atoms with Crippen LogP contribution in [0.5, 0.6) is 5.75 Å². The van der Waals surface area contributed by atoms with Crippen molar-refractivity contribution in [2.75, 3.05) is 12.9 Å². The van der Waals surface area contributed by atoms with Crippen molar-refractivity contribution >= 4 is 33.4 Å². The van der Waals surface area contributed by atoms with Gasteiger partial charge >= 0.3 is 0 Å². The van der Waals surface area contributed by atoms with Crippen LogP contribution >= 0.6 is 11.8 Å². The van der Waals surface area contributed by atoms with Crippen LogP contribution in [-0.2, 0) is 12.3 Å². The second-order valence-corrected chi connectivity index (χ2v) is 7.43. The molecule has 2 nitrogen and oxygen atoms in total. The lowest BCUT2D eigenvalue weighted by molar-refractivity contribution is -0.665. The molecule has 0 aliphatic heterocycles. The summed E-state index contributed by atoms with van der Waals surface area (Å²) >= 11 is 1.97. The van der Waals surface area contributed by atoms with Crippen LogP contribution in [0.3, 0.4) is 0 Å². The average Bonchev–Trinajstić information content (AvgIpc) is 2.71. The Morgan fingerprint density at radius 1 is 0.852 bits per heavy atom. The molecule has 0 aliphatic carbocycles. The summed E-state index contributed by atoms with van der Waals surface area (Å²) in [6.07, 6.45) is 2.28. The van der Waals surface area contributed by atoms with Gasteiger partial charge in [0.05, 0.1) is 18.2 Å². The Bertz CT molecular complexity index is 1030. The van der Waals surface area contributed by atoms with Crippen molar-refractivity contribution in [2.45, 2.75) is 12.3 Å². The van der Waals surface area contributed by atoms with Crippen LogP contribution in [0.1, 0.15) is 5.56 Å². The van der Waals surface area contributed by atoms with E-state index in [0.717, 1.165) is 23.8 Å². The first-order valence-electron chi connectivity index (χ1n) is 8.86. The van der Waals surface area contributed by atoms with E-state index in [4.69, 9.17) is 4.74 Å². The largest absolute Gasteiger partial charge is 1.00 e. The van der Waals surface area contributed by atoms with E-state index in [1.54, 1.807) is 7.11 Å².